The van der Waals surface area contributed by atoms with Gasteiger partial charge in [0, 0.05) is 11.1 Å². The van der Waals surface area contributed by atoms with Gasteiger partial charge in [-0.3, -0.25) is 0 Å². The summed E-state index contributed by atoms with van der Waals surface area (Å²) in [5.41, 5.74) is 1.34. The van der Waals surface area contributed by atoms with Gasteiger partial charge in [0.05, 0.1) is 0 Å². The maximum absolute atomic E-state index is 6.07. The molecule has 1 rings (SSSR count). The molecule has 1 atom stereocenters. The quantitative estimate of drug-likeness (QED) is 0.666. The molecule has 0 amide bonds. The van der Waals surface area contributed by atoms with Crippen molar-refractivity contribution in [3.8, 4) is 0 Å². The Kier molecular flexibility index (Phi) is 8.16. The van der Waals surface area contributed by atoms with Crippen LogP contribution in [0.2, 0.25) is 5.02 Å². The van der Waals surface area contributed by atoms with Crippen molar-refractivity contribution in [1.82, 2.24) is 5.32 Å². The van der Waals surface area contributed by atoms with E-state index in [1.165, 1.54) is 31.2 Å². The van der Waals surface area contributed by atoms with Crippen molar-refractivity contribution in [2.24, 2.45) is 5.92 Å². The van der Waals surface area contributed by atoms with Crippen molar-refractivity contribution < 1.29 is 0 Å². The predicted molar refractivity (Wildman–Crippen MR) is 85.9 cm³/mol. The van der Waals surface area contributed by atoms with E-state index in [1.54, 1.807) is 0 Å². The van der Waals surface area contributed by atoms with E-state index in [0.29, 0.717) is 6.04 Å². The molecule has 2 heteroatoms. The third kappa shape index (κ3) is 6.44. The zero-order chi connectivity index (χ0) is 14.1. The molecule has 0 aliphatic heterocycles. The second-order valence-corrected chi connectivity index (χ2v) is 5.84. The molecular formula is C17H28ClN. The molecule has 0 radical (unpaired) electrons. The summed E-state index contributed by atoms with van der Waals surface area (Å²) in [7, 11) is 0. The predicted octanol–water partition coefficient (Wildman–Crippen LogP) is 5.08. The van der Waals surface area contributed by atoms with E-state index in [-0.39, 0.29) is 0 Å². The fraction of sp³-hybridized carbons (Fsp3) is 0.647. The van der Waals surface area contributed by atoms with Gasteiger partial charge in [-0.05, 0) is 49.4 Å². The molecule has 1 nitrogen and oxygen atoms in total. The Morgan fingerprint density at radius 3 is 2.47 bits per heavy atom. The van der Waals surface area contributed by atoms with Gasteiger partial charge in [0.2, 0.25) is 0 Å². The Balaban J connectivity index is 2.62. The molecule has 1 aromatic carbocycles. The van der Waals surface area contributed by atoms with Crippen LogP contribution in [-0.2, 0) is 6.42 Å². The van der Waals surface area contributed by atoms with Gasteiger partial charge in [0.15, 0.2) is 0 Å². The minimum atomic E-state index is 0.573. The van der Waals surface area contributed by atoms with Crippen molar-refractivity contribution in [3.05, 3.63) is 34.9 Å². The molecule has 1 unspecified atom stereocenters. The van der Waals surface area contributed by atoms with Crippen molar-refractivity contribution in [2.45, 2.75) is 58.9 Å². The largest absolute Gasteiger partial charge is 0.314 e. The molecule has 0 bridgehead atoms. The van der Waals surface area contributed by atoms with Gasteiger partial charge in [-0.1, -0.05) is 57.3 Å². The topological polar surface area (TPSA) is 12.0 Å². The number of rotatable bonds is 9. The molecule has 108 valence electrons. The first-order valence-corrected chi connectivity index (χ1v) is 8.05. The van der Waals surface area contributed by atoms with Gasteiger partial charge >= 0.3 is 0 Å². The zero-order valence-corrected chi connectivity index (χ0v) is 13.3. The van der Waals surface area contributed by atoms with Crippen LogP contribution >= 0.6 is 11.6 Å². The van der Waals surface area contributed by atoms with E-state index >= 15 is 0 Å². The second kappa shape index (κ2) is 9.39. The first-order chi connectivity index (χ1) is 9.19. The highest BCUT2D eigenvalue weighted by Crippen LogP contribution is 2.19. The van der Waals surface area contributed by atoms with E-state index < -0.39 is 0 Å². The number of halogens is 1. The lowest BCUT2D eigenvalue weighted by atomic mass is 9.91. The van der Waals surface area contributed by atoms with Crippen molar-refractivity contribution in [1.29, 1.82) is 0 Å². The van der Waals surface area contributed by atoms with Crippen LogP contribution in [0.25, 0.3) is 0 Å². The lowest BCUT2D eigenvalue weighted by molar-refractivity contribution is 0.363. The first kappa shape index (κ1) is 16.5. The summed E-state index contributed by atoms with van der Waals surface area (Å²) < 4.78 is 0. The molecule has 0 aliphatic carbocycles. The van der Waals surface area contributed by atoms with Crippen LogP contribution in [0.3, 0.4) is 0 Å². The average Bonchev–Trinajstić information content (AvgIpc) is 2.41. The van der Waals surface area contributed by atoms with Crippen LogP contribution < -0.4 is 5.32 Å². The van der Waals surface area contributed by atoms with Crippen LogP contribution in [-0.4, -0.2) is 12.6 Å². The van der Waals surface area contributed by atoms with Crippen molar-refractivity contribution >= 4 is 11.6 Å². The van der Waals surface area contributed by atoms with E-state index in [9.17, 15) is 0 Å². The van der Waals surface area contributed by atoms with E-state index in [0.717, 1.165) is 23.9 Å². The molecule has 0 spiro atoms. The summed E-state index contributed by atoms with van der Waals surface area (Å²) in [6.07, 6.45) is 6.08. The third-order valence-corrected chi connectivity index (χ3v) is 4.06. The molecule has 1 N–H and O–H groups in total. The Bertz CT molecular complexity index is 347. The molecular weight excluding hydrogens is 254 g/mol. The van der Waals surface area contributed by atoms with Gasteiger partial charge in [-0.15, -0.1) is 0 Å². The van der Waals surface area contributed by atoms with Crippen LogP contribution in [0.15, 0.2) is 24.3 Å². The van der Waals surface area contributed by atoms with Crippen LogP contribution in [0, 0.1) is 5.92 Å². The van der Waals surface area contributed by atoms with Gasteiger partial charge < -0.3 is 5.32 Å². The standard InChI is InChI=1S/C17H28ClN/c1-4-10-19-17(12-14(5-2)6-3)13-15-8-7-9-16(18)11-15/h7-9,11,14,17,19H,4-6,10,12-13H2,1-3H3. The Morgan fingerprint density at radius 2 is 1.89 bits per heavy atom. The van der Waals surface area contributed by atoms with Crippen LogP contribution in [0.4, 0.5) is 0 Å². The highest BCUT2D eigenvalue weighted by molar-refractivity contribution is 6.30. The van der Waals surface area contributed by atoms with Gasteiger partial charge in [0.1, 0.15) is 0 Å². The smallest absolute Gasteiger partial charge is 0.0408 e. The molecule has 0 saturated heterocycles. The number of benzene rings is 1. The number of hydrogen-bond acceptors (Lipinski definition) is 1. The molecule has 0 heterocycles. The SMILES string of the molecule is CCCNC(Cc1cccc(Cl)c1)CC(CC)CC. The minimum Gasteiger partial charge on any atom is -0.314 e. The number of nitrogens with one attached hydrogen (secondary N) is 1. The Morgan fingerprint density at radius 1 is 1.16 bits per heavy atom. The van der Waals surface area contributed by atoms with Gasteiger partial charge in [-0.2, -0.15) is 0 Å². The Labute approximate surface area is 123 Å². The summed E-state index contributed by atoms with van der Waals surface area (Å²) >= 11 is 6.07. The number of hydrogen-bond donors (Lipinski definition) is 1. The minimum absolute atomic E-state index is 0.573. The molecule has 0 fully saturated rings. The zero-order valence-electron chi connectivity index (χ0n) is 12.6. The lowest BCUT2D eigenvalue weighted by Gasteiger charge is -2.23. The van der Waals surface area contributed by atoms with E-state index in [4.69, 9.17) is 11.6 Å². The highest BCUT2D eigenvalue weighted by atomic mass is 35.5. The van der Waals surface area contributed by atoms with Crippen LogP contribution in [0.5, 0.6) is 0 Å². The summed E-state index contributed by atoms with van der Waals surface area (Å²) in [5, 5.41) is 4.54. The van der Waals surface area contributed by atoms with Crippen molar-refractivity contribution in [3.63, 3.8) is 0 Å². The third-order valence-electron chi connectivity index (χ3n) is 3.83. The summed E-state index contributed by atoms with van der Waals surface area (Å²) in [5.74, 6) is 0.827. The summed E-state index contributed by atoms with van der Waals surface area (Å²) in [4.78, 5) is 0. The lowest BCUT2D eigenvalue weighted by Crippen LogP contribution is -2.33. The maximum Gasteiger partial charge on any atom is 0.0408 e. The van der Waals surface area contributed by atoms with Gasteiger partial charge in [0.25, 0.3) is 0 Å². The van der Waals surface area contributed by atoms with E-state index in [1.807, 2.05) is 12.1 Å². The molecule has 0 saturated carbocycles. The maximum atomic E-state index is 6.07. The average molecular weight is 282 g/mol. The Hall–Kier alpha value is -0.530. The molecule has 0 aromatic heterocycles. The first-order valence-electron chi connectivity index (χ1n) is 7.67. The van der Waals surface area contributed by atoms with Crippen LogP contribution in [0.1, 0.15) is 52.0 Å². The summed E-state index contributed by atoms with van der Waals surface area (Å²) in [6.45, 7) is 7.92. The van der Waals surface area contributed by atoms with Crippen molar-refractivity contribution in [2.75, 3.05) is 6.54 Å². The highest BCUT2D eigenvalue weighted by Gasteiger charge is 2.14. The monoisotopic (exact) mass is 281 g/mol. The summed E-state index contributed by atoms with van der Waals surface area (Å²) in [6, 6.07) is 8.84. The normalized spacial score (nSPS) is 12.9. The second-order valence-electron chi connectivity index (χ2n) is 5.40. The molecule has 19 heavy (non-hydrogen) atoms. The molecule has 0 aliphatic rings. The van der Waals surface area contributed by atoms with Gasteiger partial charge in [-0.25, -0.2) is 0 Å². The van der Waals surface area contributed by atoms with E-state index in [2.05, 4.69) is 38.2 Å². The fourth-order valence-electron chi connectivity index (χ4n) is 2.56. The molecule has 1 aromatic rings. The fourth-order valence-corrected chi connectivity index (χ4v) is 2.77.